The van der Waals surface area contributed by atoms with E-state index in [4.69, 9.17) is 63.7 Å². The number of aliphatic hydroxyl groups excluding tert-OH is 2. The lowest BCUT2D eigenvalue weighted by molar-refractivity contribution is -0.0629. The van der Waals surface area contributed by atoms with Crippen LogP contribution in [0.5, 0.6) is 0 Å². The second-order valence-corrected chi connectivity index (χ2v) is 25.1. The molecule has 6 heterocycles. The molecule has 0 spiro atoms. The first kappa shape index (κ1) is 41.4. The molecule has 18 atom stereocenters. The van der Waals surface area contributed by atoms with Crippen LogP contribution in [0.4, 0.5) is 30.6 Å². The number of hydrogen-bond donors (Lipinski definition) is 12. The van der Waals surface area contributed by atoms with Crippen molar-refractivity contribution in [1.29, 1.82) is 0 Å². The maximum Gasteiger partial charge on any atom is 0.191 e. The highest BCUT2D eigenvalue weighted by Gasteiger charge is 2.49. The minimum atomic E-state index is -4.48. The fourth-order valence-electron chi connectivity index (χ4n) is 10.1. The maximum absolute atomic E-state index is 14.6. The van der Waals surface area contributed by atoms with Crippen LogP contribution in [-0.2, 0) is 14.2 Å². The normalized spacial score (nSPS) is 48.4. The zero-order chi connectivity index (χ0) is 115. The summed E-state index contributed by atoms with van der Waals surface area (Å²) in [5.74, 6) is -10.4. The lowest BCUT2D eigenvalue weighted by atomic mass is 10.1. The number of aromatic nitrogens is 15. The van der Waals surface area contributed by atoms with E-state index in [9.17, 15) is 59.1 Å². The number of benzene rings is 3. The second-order valence-electron chi connectivity index (χ2n) is 22.7. The second kappa shape index (κ2) is 35.1. The molecule has 108 heavy (non-hydrogen) atoms. The van der Waals surface area contributed by atoms with Crippen LogP contribution in [0.25, 0.3) is 33.5 Å². The van der Waals surface area contributed by atoms with Crippen molar-refractivity contribution in [3.8, 4) is 0 Å². The van der Waals surface area contributed by atoms with E-state index in [0.717, 1.165) is 26.0 Å². The summed E-state index contributed by atoms with van der Waals surface area (Å²) in [6.45, 7) is -7.18. The topological polar surface area (TPSA) is 415 Å². The Kier molecular flexibility index (Phi) is 13.4. The summed E-state index contributed by atoms with van der Waals surface area (Å²) in [5, 5.41) is 123. The third-order valence-electron chi connectivity index (χ3n) is 15.6. The number of nitrogens with one attached hydrogen (secondary N) is 3. The number of thioether (sulfide) groups is 3. The molecule has 0 bridgehead atoms. The van der Waals surface area contributed by atoms with Gasteiger partial charge in [0.05, 0.1) is 103 Å². The standard InChI is InChI=1S/3C24H31FN6O4S/c3*1-3-8-36-24-27-22(26-16-10-14(16)13-5-4-12(2)15(25)9-13)19-23(28-24)31(30-29-19)17-11-18(35-7-6-32)21(34)20(17)33/h3*4-5,9,14,16-18,20-21,32-34H,3,6-8,10-11H2,1-2H3,(H,26,27,28)/t3*14-,16+,17+,18-,20-,21+/m000/s1/i3D2,6D2,7D2,8D2,10D2,11D2,14D,16D,17D,18D,20D,21D;3D2,7D2,8D2,10D2,11D2,14D,16D,17D,18D,20D,21D;8D2,11D2,14D,17D,18D,20D,21D. The summed E-state index contributed by atoms with van der Waals surface area (Å²) in [4.78, 5) is 24.4. The van der Waals surface area contributed by atoms with Gasteiger partial charge in [-0.25, -0.2) is 57.1 Å². The quantitative estimate of drug-likeness (QED) is 0.0168. The van der Waals surface area contributed by atoms with Gasteiger partial charge in [0.1, 0.15) is 53.9 Å². The fraction of sp³-hybridized carbons (Fsp3) is 0.583. The molecule has 0 saturated heterocycles. The van der Waals surface area contributed by atoms with E-state index in [1.54, 1.807) is 26.0 Å². The summed E-state index contributed by atoms with van der Waals surface area (Å²) in [6.07, 6.45) is -60.0. The van der Waals surface area contributed by atoms with Crippen LogP contribution in [0.1, 0.15) is 206 Å². The van der Waals surface area contributed by atoms with Gasteiger partial charge in [0.15, 0.2) is 66.4 Å². The predicted molar refractivity (Wildman–Crippen MR) is 398 cm³/mol. The van der Waals surface area contributed by atoms with E-state index >= 15 is 0 Å². The molecular formula is C72H93F3N18O12S3. The Bertz CT molecular complexity index is 6900. The molecule has 0 unspecified atom stereocenters. The average molecular weight is 1600 g/mol. The molecule has 0 aliphatic heterocycles. The molecule has 6 aliphatic rings. The molecule has 3 aromatic carbocycles. The van der Waals surface area contributed by atoms with Crippen molar-refractivity contribution < 1.29 is 132 Å². The van der Waals surface area contributed by atoms with Crippen molar-refractivity contribution >= 4 is 86.2 Å². The molecule has 6 fully saturated rings. The lowest BCUT2D eigenvalue weighted by Crippen LogP contribution is -2.33. The predicted octanol–water partition coefficient (Wildman–Crippen LogP) is 6.55. The van der Waals surface area contributed by atoms with Crippen molar-refractivity contribution in [3.63, 3.8) is 0 Å². The summed E-state index contributed by atoms with van der Waals surface area (Å²) in [5.41, 5.74) is -11.7. The van der Waals surface area contributed by atoms with Gasteiger partial charge in [-0.2, -0.15) is 0 Å². The summed E-state index contributed by atoms with van der Waals surface area (Å²) in [6, 6.07) is -6.98. The summed E-state index contributed by atoms with van der Waals surface area (Å²) < 4.78 is 419. The van der Waals surface area contributed by atoms with Crippen LogP contribution in [0.15, 0.2) is 70.1 Å². The number of aryl methyl sites for hydroxylation is 3. The highest BCUT2D eigenvalue weighted by molar-refractivity contribution is 7.99. The number of hydrogen-bond acceptors (Lipinski definition) is 30. The zero-order valence-corrected chi connectivity index (χ0v) is 59.1. The van der Waals surface area contributed by atoms with Gasteiger partial charge < -0.3 is 76.1 Å². The van der Waals surface area contributed by atoms with Gasteiger partial charge in [-0.1, -0.05) is 108 Å². The number of anilines is 3. The molecule has 582 valence electrons. The Morgan fingerprint density at radius 2 is 0.870 bits per heavy atom. The van der Waals surface area contributed by atoms with E-state index in [-0.39, 0.29) is 84.5 Å². The van der Waals surface area contributed by atoms with Crippen molar-refractivity contribution in [2.45, 2.75) is 223 Å². The minimum absolute atomic E-state index is 0.00359. The summed E-state index contributed by atoms with van der Waals surface area (Å²) >= 11 is 0.465. The largest absolute Gasteiger partial charge is 0.394 e. The van der Waals surface area contributed by atoms with Crippen LogP contribution in [0.2, 0.25) is 0 Å². The fourth-order valence-corrected chi connectivity index (χ4v) is 11.5. The van der Waals surface area contributed by atoms with Crippen LogP contribution < -0.4 is 16.0 Å². The van der Waals surface area contributed by atoms with Crippen molar-refractivity contribution in [2.75, 3.05) is 72.6 Å². The molecular weight excluding hydrogens is 1460 g/mol. The Morgan fingerprint density at radius 1 is 0.491 bits per heavy atom. The highest BCUT2D eigenvalue weighted by Crippen LogP contribution is 2.48. The van der Waals surface area contributed by atoms with Crippen molar-refractivity contribution in [2.24, 2.45) is 0 Å². The molecule has 6 aliphatic carbocycles. The zero-order valence-electron chi connectivity index (χ0n) is 99.6. The Hall–Kier alpha value is -7.14. The van der Waals surface area contributed by atoms with Crippen LogP contribution >= 0.6 is 35.3 Å². The SMILES string of the molecule is [2H]C([2H])(C)C([2H])([2H])Sc1nc(N[C@]2([2H])C([2H])([2H])[C@@]2([2H])c2ccc(C)c(F)c2)c2nnn([C@]3([2H])C([2H])([2H])[C@]([2H])(OC([2H])([2H])C([2H])([2H])O)[C@@]([2H])(O)[C@@]3([2H])O)c2n1.[2H]C([2H])(CC)Sc1nc(N[C@@H]2C[C@@]2([2H])c2ccc(C)c(F)c2)c2nnn([C@]3([2H])C([2H])([2H])[C@]([2H])(OCCO)[C@@]([2H])(O)[C@@]3([2H])O)c2n1.[2H]C([2H])(CO)O[C@@]1([2H])C([2H])([2H])[C@@]([2H])(n2nnc3c(N[C@]4([2H])C([2H])([2H])[C@@]4([2H])c4ccc(C)c(F)c4)nc(SC([2H])([2H])C([2H])([2H])C)nc32)[C@]([2H])(O)[C@]1([2H])O. The van der Waals surface area contributed by atoms with Gasteiger partial charge in [0.2, 0.25) is 0 Å². The smallest absolute Gasteiger partial charge is 0.191 e. The van der Waals surface area contributed by atoms with Gasteiger partial charge in [-0.15, -0.1) is 15.3 Å². The molecule has 6 aromatic heterocycles. The summed E-state index contributed by atoms with van der Waals surface area (Å²) in [7, 11) is 0. The first-order valence-corrected chi connectivity index (χ1v) is 34.1. The van der Waals surface area contributed by atoms with Gasteiger partial charge in [0, 0.05) is 104 Å². The van der Waals surface area contributed by atoms with Crippen LogP contribution in [0, 0.1) is 38.2 Å². The van der Waals surface area contributed by atoms with Crippen LogP contribution in [-0.4, -0.2) is 250 Å². The molecule has 36 heteroatoms. The molecule has 6 saturated carbocycles. The van der Waals surface area contributed by atoms with Gasteiger partial charge in [-0.3, -0.25) is 0 Å². The number of nitrogens with zero attached hydrogens (tertiary/aromatic N) is 15. The third kappa shape index (κ3) is 17.5. The van der Waals surface area contributed by atoms with Gasteiger partial charge >= 0.3 is 0 Å². The number of ether oxygens (including phenoxy) is 3. The lowest BCUT2D eigenvalue weighted by Gasteiger charge is -2.17. The number of rotatable bonds is 30. The Balaban J connectivity index is 0.000000189. The molecule has 15 rings (SSSR count). The van der Waals surface area contributed by atoms with Crippen molar-refractivity contribution in [3.05, 3.63) is 105 Å². The first-order chi connectivity index (χ1) is 67.7. The first-order valence-electron chi connectivity index (χ1n) is 53.2. The van der Waals surface area contributed by atoms with E-state index in [1.807, 2.05) is 0 Å². The third-order valence-corrected chi connectivity index (χ3v) is 17.7. The van der Waals surface area contributed by atoms with Crippen LogP contribution in [0.3, 0.4) is 0 Å². The van der Waals surface area contributed by atoms with Crippen molar-refractivity contribution in [1.82, 2.24) is 74.9 Å². The van der Waals surface area contributed by atoms with E-state index < -0.39 is 277 Å². The number of aliphatic hydroxyl groups is 9. The minimum Gasteiger partial charge on any atom is -0.394 e. The molecule has 12 N–H and O–H groups in total. The Morgan fingerprint density at radius 3 is 1.24 bits per heavy atom. The van der Waals surface area contributed by atoms with E-state index in [2.05, 4.69) is 86.3 Å². The van der Waals surface area contributed by atoms with E-state index in [1.165, 1.54) is 44.2 Å². The molecule has 9 aromatic rings. The van der Waals surface area contributed by atoms with Gasteiger partial charge in [0.25, 0.3) is 0 Å². The Labute approximate surface area is 693 Å². The monoisotopic (exact) mass is 1600 g/mol. The maximum atomic E-state index is 14.6. The van der Waals surface area contributed by atoms with Gasteiger partial charge in [-0.05, 0) is 111 Å². The molecule has 0 amide bonds. The molecule has 30 nitrogen and oxygen atoms in total. The average Bonchev–Trinajstić information content (AvgIpc) is 1.34. The molecule has 0 radical (unpaired) electrons. The number of fused-ring (bicyclic) bond motifs is 3. The van der Waals surface area contributed by atoms with E-state index in [0.29, 0.717) is 27.6 Å². The number of halogens is 3. The highest BCUT2D eigenvalue weighted by atomic mass is 32.2.